The van der Waals surface area contributed by atoms with Crippen molar-refractivity contribution in [3.8, 4) is 0 Å². The minimum atomic E-state index is -0.0612. The summed E-state index contributed by atoms with van der Waals surface area (Å²) in [6.45, 7) is 3.72. The molecule has 0 aromatic rings. The van der Waals surface area contributed by atoms with Crippen LogP contribution < -0.4 is 16.0 Å². The number of ether oxygens (including phenoxy) is 1. The molecule has 0 aliphatic carbocycles. The molecule has 3 amide bonds. The second kappa shape index (κ2) is 15.7. The van der Waals surface area contributed by atoms with Crippen LogP contribution in [0.2, 0.25) is 0 Å². The highest BCUT2D eigenvalue weighted by molar-refractivity contribution is 5.77. The number of hydrogen-bond donors (Lipinski definition) is 3. The summed E-state index contributed by atoms with van der Waals surface area (Å²) < 4.78 is 5.05. The van der Waals surface area contributed by atoms with Crippen LogP contribution in [-0.4, -0.2) is 44.3 Å². The van der Waals surface area contributed by atoms with Gasteiger partial charge in [0.05, 0.1) is 6.04 Å². The fourth-order valence-corrected chi connectivity index (χ4v) is 3.54. The average molecular weight is 384 g/mol. The van der Waals surface area contributed by atoms with Crippen molar-refractivity contribution in [1.29, 1.82) is 0 Å². The minimum absolute atomic E-state index is 0.0612. The van der Waals surface area contributed by atoms with E-state index in [1.54, 1.807) is 7.11 Å². The summed E-state index contributed by atoms with van der Waals surface area (Å²) in [5.41, 5.74) is 0. The molecule has 1 fully saturated rings. The lowest BCUT2D eigenvalue weighted by Gasteiger charge is -2.13. The van der Waals surface area contributed by atoms with Crippen LogP contribution in [0.3, 0.4) is 0 Å². The fraction of sp³-hybridized carbons (Fsp3) is 0.905. The van der Waals surface area contributed by atoms with Gasteiger partial charge >= 0.3 is 6.03 Å². The summed E-state index contributed by atoms with van der Waals surface area (Å²) in [5.74, 6) is 0.178. The Balaban J connectivity index is 1.80. The SMILES string of the molecule is COCCCCCCCCCCNC(=O)CCCCCC1NC(=O)NC1C. The Morgan fingerprint density at radius 3 is 2.19 bits per heavy atom. The zero-order valence-electron chi connectivity index (χ0n) is 17.5. The van der Waals surface area contributed by atoms with Crippen molar-refractivity contribution in [2.45, 2.75) is 102 Å². The first kappa shape index (κ1) is 23.7. The highest BCUT2D eigenvalue weighted by atomic mass is 16.5. The van der Waals surface area contributed by atoms with Crippen LogP contribution in [0.15, 0.2) is 0 Å². The number of unbranched alkanes of at least 4 members (excludes halogenated alkanes) is 9. The van der Waals surface area contributed by atoms with Gasteiger partial charge in [-0.15, -0.1) is 0 Å². The summed E-state index contributed by atoms with van der Waals surface area (Å²) in [4.78, 5) is 23.0. The number of urea groups is 1. The Kier molecular flexibility index (Phi) is 13.8. The molecule has 1 heterocycles. The van der Waals surface area contributed by atoms with Gasteiger partial charge in [-0.3, -0.25) is 4.79 Å². The molecule has 0 bridgehead atoms. The van der Waals surface area contributed by atoms with Crippen molar-refractivity contribution < 1.29 is 14.3 Å². The van der Waals surface area contributed by atoms with Gasteiger partial charge in [0.1, 0.15) is 0 Å². The van der Waals surface area contributed by atoms with Crippen LogP contribution in [0, 0.1) is 0 Å². The normalized spacial score (nSPS) is 19.0. The number of nitrogens with one attached hydrogen (secondary N) is 3. The topological polar surface area (TPSA) is 79.5 Å². The van der Waals surface area contributed by atoms with Crippen molar-refractivity contribution in [2.24, 2.45) is 0 Å². The van der Waals surface area contributed by atoms with E-state index in [0.717, 1.165) is 45.3 Å². The Hall–Kier alpha value is -1.30. The van der Waals surface area contributed by atoms with Gasteiger partial charge in [-0.2, -0.15) is 0 Å². The third-order valence-electron chi connectivity index (χ3n) is 5.30. The van der Waals surface area contributed by atoms with Gasteiger partial charge in [-0.25, -0.2) is 4.79 Å². The Bertz CT molecular complexity index is 404. The first-order valence-electron chi connectivity index (χ1n) is 11.0. The fourth-order valence-electron chi connectivity index (χ4n) is 3.54. The molecule has 3 N–H and O–H groups in total. The quantitative estimate of drug-likeness (QED) is 0.333. The molecule has 0 spiro atoms. The molecule has 0 aromatic heterocycles. The molecule has 27 heavy (non-hydrogen) atoms. The maximum absolute atomic E-state index is 11.8. The van der Waals surface area contributed by atoms with Gasteiger partial charge in [0.15, 0.2) is 0 Å². The predicted octanol–water partition coefficient (Wildman–Crippen LogP) is 3.89. The number of rotatable bonds is 17. The molecule has 0 saturated carbocycles. The number of amides is 3. The number of hydrogen-bond acceptors (Lipinski definition) is 3. The van der Waals surface area contributed by atoms with Crippen molar-refractivity contribution in [3.05, 3.63) is 0 Å². The zero-order valence-corrected chi connectivity index (χ0v) is 17.5. The highest BCUT2D eigenvalue weighted by Gasteiger charge is 2.26. The van der Waals surface area contributed by atoms with Gasteiger partial charge in [0.2, 0.25) is 5.91 Å². The average Bonchev–Trinajstić information content (AvgIpc) is 2.96. The van der Waals surface area contributed by atoms with E-state index < -0.39 is 0 Å². The summed E-state index contributed by atoms with van der Waals surface area (Å²) in [5, 5.41) is 8.83. The molecule has 0 radical (unpaired) electrons. The Morgan fingerprint density at radius 1 is 0.926 bits per heavy atom. The van der Waals surface area contributed by atoms with Crippen molar-refractivity contribution in [1.82, 2.24) is 16.0 Å². The Morgan fingerprint density at radius 2 is 1.56 bits per heavy atom. The number of carbonyl (C=O) groups is 2. The highest BCUT2D eigenvalue weighted by Crippen LogP contribution is 2.12. The lowest BCUT2D eigenvalue weighted by atomic mass is 10.0. The van der Waals surface area contributed by atoms with E-state index in [1.807, 2.05) is 6.92 Å². The monoisotopic (exact) mass is 383 g/mol. The molecule has 1 saturated heterocycles. The van der Waals surface area contributed by atoms with E-state index in [0.29, 0.717) is 6.42 Å². The van der Waals surface area contributed by atoms with Crippen molar-refractivity contribution in [2.75, 3.05) is 20.3 Å². The lowest BCUT2D eigenvalue weighted by molar-refractivity contribution is -0.121. The van der Waals surface area contributed by atoms with Gasteiger partial charge < -0.3 is 20.7 Å². The van der Waals surface area contributed by atoms with E-state index in [4.69, 9.17) is 4.74 Å². The van der Waals surface area contributed by atoms with Crippen LogP contribution in [-0.2, 0) is 9.53 Å². The standard InChI is InChI=1S/C21H41N3O3/c1-18-19(24-21(26)23-18)14-10-9-11-15-20(25)22-16-12-7-5-3-4-6-8-13-17-27-2/h18-19H,3-17H2,1-2H3,(H,22,25)(H2,23,24,26). The molecule has 158 valence electrons. The summed E-state index contributed by atoms with van der Waals surface area (Å²) in [6.07, 6.45) is 14.6. The van der Waals surface area contributed by atoms with E-state index in [2.05, 4.69) is 16.0 Å². The van der Waals surface area contributed by atoms with Crippen LogP contribution in [0.1, 0.15) is 90.4 Å². The first-order chi connectivity index (χ1) is 13.1. The van der Waals surface area contributed by atoms with Gasteiger partial charge in [0, 0.05) is 32.7 Å². The second-order valence-electron chi connectivity index (χ2n) is 7.78. The largest absolute Gasteiger partial charge is 0.385 e. The maximum Gasteiger partial charge on any atom is 0.315 e. The molecule has 0 aromatic carbocycles. The second-order valence-corrected chi connectivity index (χ2v) is 7.78. The van der Waals surface area contributed by atoms with Crippen LogP contribution in [0.5, 0.6) is 0 Å². The van der Waals surface area contributed by atoms with Gasteiger partial charge in [0.25, 0.3) is 0 Å². The van der Waals surface area contributed by atoms with Crippen LogP contribution in [0.25, 0.3) is 0 Å². The predicted molar refractivity (Wildman–Crippen MR) is 110 cm³/mol. The molecular formula is C21H41N3O3. The molecule has 6 heteroatoms. The van der Waals surface area contributed by atoms with Crippen molar-refractivity contribution >= 4 is 11.9 Å². The first-order valence-corrected chi connectivity index (χ1v) is 11.0. The van der Waals surface area contributed by atoms with E-state index in [1.165, 1.54) is 44.9 Å². The maximum atomic E-state index is 11.8. The Labute approximate surface area is 165 Å². The molecule has 2 unspecified atom stereocenters. The van der Waals surface area contributed by atoms with Gasteiger partial charge in [-0.1, -0.05) is 51.4 Å². The van der Waals surface area contributed by atoms with Gasteiger partial charge in [-0.05, 0) is 32.6 Å². The smallest absolute Gasteiger partial charge is 0.315 e. The molecule has 1 aliphatic heterocycles. The van der Waals surface area contributed by atoms with E-state index in [9.17, 15) is 9.59 Å². The molecule has 1 aliphatic rings. The summed E-state index contributed by atoms with van der Waals surface area (Å²) >= 11 is 0. The molecule has 6 nitrogen and oxygen atoms in total. The minimum Gasteiger partial charge on any atom is -0.385 e. The summed E-state index contributed by atoms with van der Waals surface area (Å²) in [7, 11) is 1.76. The number of carbonyl (C=O) groups excluding carboxylic acids is 2. The molecule has 1 rings (SSSR count). The van der Waals surface area contributed by atoms with Crippen LogP contribution in [0.4, 0.5) is 4.79 Å². The summed E-state index contributed by atoms with van der Waals surface area (Å²) in [6, 6.07) is 0.377. The zero-order chi connectivity index (χ0) is 19.7. The van der Waals surface area contributed by atoms with E-state index in [-0.39, 0.29) is 24.0 Å². The molecule has 2 atom stereocenters. The third kappa shape index (κ3) is 12.7. The lowest BCUT2D eigenvalue weighted by Crippen LogP contribution is -2.30. The van der Waals surface area contributed by atoms with Crippen molar-refractivity contribution in [3.63, 3.8) is 0 Å². The van der Waals surface area contributed by atoms with E-state index >= 15 is 0 Å². The van der Waals surface area contributed by atoms with Crippen LogP contribution >= 0.6 is 0 Å². The molecular weight excluding hydrogens is 342 g/mol. The third-order valence-corrected chi connectivity index (χ3v) is 5.30. The number of methoxy groups -OCH3 is 1.